The van der Waals surface area contributed by atoms with Gasteiger partial charge in [0.25, 0.3) is 0 Å². The van der Waals surface area contributed by atoms with Crippen molar-refractivity contribution in [3.05, 3.63) is 56.2 Å². The molecule has 1 N–H and O–H groups in total. The maximum atomic E-state index is 13.8. The van der Waals surface area contributed by atoms with Gasteiger partial charge in [0.1, 0.15) is 11.6 Å². The Morgan fingerprint density at radius 3 is 2.90 bits per heavy atom. The standard InChI is InChI=1S/C15H12Br2FNO/c16-11-6-9-4-5-20-15(9)10(7-11)8-19-14-12(17)2-1-3-13(14)18/h1-3,6-7,19H,4-5,8H2. The highest BCUT2D eigenvalue weighted by molar-refractivity contribution is 9.10. The van der Waals surface area contributed by atoms with Crippen molar-refractivity contribution in [3.8, 4) is 5.75 Å². The summed E-state index contributed by atoms with van der Waals surface area (Å²) in [6.07, 6.45) is 0.922. The van der Waals surface area contributed by atoms with Gasteiger partial charge < -0.3 is 10.1 Å². The summed E-state index contributed by atoms with van der Waals surface area (Å²) in [7, 11) is 0. The first-order chi connectivity index (χ1) is 9.65. The minimum Gasteiger partial charge on any atom is -0.493 e. The van der Waals surface area contributed by atoms with E-state index in [1.54, 1.807) is 6.07 Å². The zero-order valence-electron chi connectivity index (χ0n) is 10.6. The van der Waals surface area contributed by atoms with Gasteiger partial charge in [-0.3, -0.25) is 0 Å². The van der Waals surface area contributed by atoms with Crippen molar-refractivity contribution >= 4 is 37.5 Å². The van der Waals surface area contributed by atoms with E-state index in [0.717, 1.165) is 22.2 Å². The zero-order valence-corrected chi connectivity index (χ0v) is 13.7. The predicted octanol–water partition coefficient (Wildman–Crippen LogP) is 4.90. The van der Waals surface area contributed by atoms with Crippen LogP contribution in [0.5, 0.6) is 5.75 Å². The topological polar surface area (TPSA) is 21.3 Å². The van der Waals surface area contributed by atoms with Gasteiger partial charge in [-0.15, -0.1) is 0 Å². The van der Waals surface area contributed by atoms with E-state index < -0.39 is 0 Å². The Balaban J connectivity index is 1.86. The smallest absolute Gasteiger partial charge is 0.147 e. The Kier molecular flexibility index (Phi) is 3.98. The number of para-hydroxylation sites is 1. The van der Waals surface area contributed by atoms with Gasteiger partial charge in [0, 0.05) is 27.5 Å². The van der Waals surface area contributed by atoms with Crippen LogP contribution in [0.3, 0.4) is 0 Å². The summed E-state index contributed by atoms with van der Waals surface area (Å²) >= 11 is 6.86. The molecular formula is C15H12Br2FNO. The molecule has 0 amide bonds. The SMILES string of the molecule is Fc1cccc(Br)c1NCc1cc(Br)cc2c1OCC2. The second-order valence-corrected chi connectivity index (χ2v) is 6.37. The fourth-order valence-electron chi connectivity index (χ4n) is 2.33. The number of nitrogens with one attached hydrogen (secondary N) is 1. The highest BCUT2D eigenvalue weighted by atomic mass is 79.9. The lowest BCUT2D eigenvalue weighted by Crippen LogP contribution is -2.04. The van der Waals surface area contributed by atoms with E-state index in [-0.39, 0.29) is 5.82 Å². The average molecular weight is 401 g/mol. The van der Waals surface area contributed by atoms with E-state index in [1.165, 1.54) is 11.6 Å². The van der Waals surface area contributed by atoms with Crippen LogP contribution in [0.15, 0.2) is 39.3 Å². The van der Waals surface area contributed by atoms with Gasteiger partial charge >= 0.3 is 0 Å². The molecule has 3 rings (SSSR count). The Morgan fingerprint density at radius 1 is 1.25 bits per heavy atom. The summed E-state index contributed by atoms with van der Waals surface area (Å²) in [5, 5.41) is 3.13. The van der Waals surface area contributed by atoms with Gasteiger partial charge in [-0.05, 0) is 45.8 Å². The van der Waals surface area contributed by atoms with Crippen LogP contribution in [0, 0.1) is 5.82 Å². The van der Waals surface area contributed by atoms with Crippen molar-refractivity contribution in [1.82, 2.24) is 0 Å². The molecule has 0 bridgehead atoms. The van der Waals surface area contributed by atoms with E-state index in [4.69, 9.17) is 4.74 Å². The summed E-state index contributed by atoms with van der Waals surface area (Å²) in [5.74, 6) is 0.653. The van der Waals surface area contributed by atoms with Crippen molar-refractivity contribution in [2.75, 3.05) is 11.9 Å². The Labute approximate surface area is 133 Å². The fraction of sp³-hybridized carbons (Fsp3) is 0.200. The first-order valence-corrected chi connectivity index (χ1v) is 7.86. The van der Waals surface area contributed by atoms with E-state index in [2.05, 4.69) is 43.2 Å². The molecule has 1 heterocycles. The molecule has 20 heavy (non-hydrogen) atoms. The van der Waals surface area contributed by atoms with Crippen molar-refractivity contribution in [1.29, 1.82) is 0 Å². The van der Waals surface area contributed by atoms with E-state index in [0.29, 0.717) is 23.3 Å². The number of ether oxygens (including phenoxy) is 1. The number of hydrogen-bond donors (Lipinski definition) is 1. The van der Waals surface area contributed by atoms with Crippen molar-refractivity contribution in [2.45, 2.75) is 13.0 Å². The normalized spacial score (nSPS) is 12.9. The third kappa shape index (κ3) is 2.69. The molecule has 0 aliphatic carbocycles. The maximum absolute atomic E-state index is 13.8. The molecule has 2 aromatic carbocycles. The van der Waals surface area contributed by atoms with Crippen molar-refractivity contribution in [3.63, 3.8) is 0 Å². The minimum atomic E-state index is -0.271. The first kappa shape index (κ1) is 13.9. The van der Waals surface area contributed by atoms with Gasteiger partial charge in [-0.25, -0.2) is 4.39 Å². The van der Waals surface area contributed by atoms with E-state index in [1.807, 2.05) is 12.1 Å². The van der Waals surface area contributed by atoms with Crippen LogP contribution in [0.4, 0.5) is 10.1 Å². The average Bonchev–Trinajstić information content (AvgIpc) is 2.86. The molecule has 1 aliphatic heterocycles. The van der Waals surface area contributed by atoms with Crippen molar-refractivity contribution < 1.29 is 9.13 Å². The van der Waals surface area contributed by atoms with E-state index in [9.17, 15) is 4.39 Å². The molecule has 5 heteroatoms. The Bertz CT molecular complexity index is 640. The third-order valence-corrected chi connectivity index (χ3v) is 4.36. The molecule has 104 valence electrons. The number of anilines is 1. The summed E-state index contributed by atoms with van der Waals surface area (Å²) < 4.78 is 21.2. The summed E-state index contributed by atoms with van der Waals surface area (Å²) in [6, 6.07) is 9.00. The van der Waals surface area contributed by atoms with Crippen molar-refractivity contribution in [2.24, 2.45) is 0 Å². The van der Waals surface area contributed by atoms with Crippen LogP contribution in [-0.2, 0) is 13.0 Å². The lowest BCUT2D eigenvalue weighted by molar-refractivity contribution is 0.354. The molecule has 0 radical (unpaired) electrons. The second-order valence-electron chi connectivity index (χ2n) is 4.60. The Morgan fingerprint density at radius 2 is 2.10 bits per heavy atom. The van der Waals surface area contributed by atoms with E-state index >= 15 is 0 Å². The number of hydrogen-bond acceptors (Lipinski definition) is 2. The number of fused-ring (bicyclic) bond motifs is 1. The van der Waals surface area contributed by atoms with Crippen LogP contribution >= 0.6 is 31.9 Å². The Hall–Kier alpha value is -1.07. The lowest BCUT2D eigenvalue weighted by atomic mass is 10.1. The first-order valence-electron chi connectivity index (χ1n) is 6.27. The lowest BCUT2D eigenvalue weighted by Gasteiger charge is -2.13. The molecule has 0 fully saturated rings. The third-order valence-electron chi connectivity index (χ3n) is 3.24. The monoisotopic (exact) mass is 399 g/mol. The quantitative estimate of drug-likeness (QED) is 0.791. The van der Waals surface area contributed by atoms with Crippen LogP contribution < -0.4 is 10.1 Å². The number of halogens is 3. The van der Waals surface area contributed by atoms with Gasteiger partial charge in [-0.2, -0.15) is 0 Å². The van der Waals surface area contributed by atoms with Gasteiger partial charge in [0.15, 0.2) is 0 Å². The number of rotatable bonds is 3. The number of benzene rings is 2. The summed E-state index contributed by atoms with van der Waals surface area (Å²) in [6.45, 7) is 1.23. The molecule has 0 aromatic heterocycles. The van der Waals surface area contributed by atoms with Gasteiger partial charge in [0.05, 0.1) is 12.3 Å². The molecule has 0 saturated heterocycles. The van der Waals surface area contributed by atoms with Crippen LogP contribution in [-0.4, -0.2) is 6.61 Å². The van der Waals surface area contributed by atoms with Crippen LogP contribution in [0.25, 0.3) is 0 Å². The van der Waals surface area contributed by atoms with Crippen LogP contribution in [0.1, 0.15) is 11.1 Å². The minimum absolute atomic E-state index is 0.271. The molecular weight excluding hydrogens is 389 g/mol. The zero-order chi connectivity index (χ0) is 14.1. The molecule has 0 atom stereocenters. The van der Waals surface area contributed by atoms with Crippen LogP contribution in [0.2, 0.25) is 0 Å². The highest BCUT2D eigenvalue weighted by Gasteiger charge is 2.17. The summed E-state index contributed by atoms with van der Waals surface area (Å²) in [4.78, 5) is 0. The predicted molar refractivity (Wildman–Crippen MR) is 84.8 cm³/mol. The fourth-order valence-corrected chi connectivity index (χ4v) is 3.36. The summed E-state index contributed by atoms with van der Waals surface area (Å²) in [5.41, 5.74) is 2.70. The molecule has 2 aromatic rings. The molecule has 0 unspecified atom stereocenters. The highest BCUT2D eigenvalue weighted by Crippen LogP contribution is 2.34. The largest absolute Gasteiger partial charge is 0.493 e. The van der Waals surface area contributed by atoms with Gasteiger partial charge in [0.2, 0.25) is 0 Å². The molecule has 2 nitrogen and oxygen atoms in total. The second kappa shape index (κ2) is 5.74. The maximum Gasteiger partial charge on any atom is 0.147 e. The molecule has 0 saturated carbocycles. The molecule has 1 aliphatic rings. The van der Waals surface area contributed by atoms with Gasteiger partial charge in [-0.1, -0.05) is 22.0 Å². The molecule has 0 spiro atoms.